The minimum absolute atomic E-state index is 0.249. The molecule has 2 aromatic rings. The normalized spacial score (nSPS) is 10.0. The molecule has 0 unspecified atom stereocenters. The lowest BCUT2D eigenvalue weighted by molar-refractivity contribution is 0.355. The second kappa shape index (κ2) is 7.04. The molecule has 0 fully saturated rings. The molecular formula is C16H16FNO2S. The van der Waals surface area contributed by atoms with Gasteiger partial charge in [-0.05, 0) is 35.9 Å². The quantitative estimate of drug-likeness (QED) is 0.859. The van der Waals surface area contributed by atoms with Crippen LogP contribution in [0, 0.1) is 5.82 Å². The first-order valence-corrected chi connectivity index (χ1v) is 6.79. The van der Waals surface area contributed by atoms with Crippen molar-refractivity contribution in [2.75, 3.05) is 14.2 Å². The summed E-state index contributed by atoms with van der Waals surface area (Å²) < 4.78 is 23.3. The molecule has 2 aromatic carbocycles. The molecule has 0 saturated carbocycles. The van der Waals surface area contributed by atoms with Crippen LogP contribution in [0.25, 0.3) is 0 Å². The number of hydrogen-bond acceptors (Lipinski definition) is 3. The van der Waals surface area contributed by atoms with Crippen molar-refractivity contribution >= 4 is 17.2 Å². The Labute approximate surface area is 128 Å². The monoisotopic (exact) mass is 305 g/mol. The summed E-state index contributed by atoms with van der Waals surface area (Å²) in [5, 5.41) is 3.14. The van der Waals surface area contributed by atoms with Crippen molar-refractivity contribution in [1.29, 1.82) is 0 Å². The summed E-state index contributed by atoms with van der Waals surface area (Å²) in [7, 11) is 3.17. The van der Waals surface area contributed by atoms with Crippen LogP contribution in [-0.4, -0.2) is 19.2 Å². The number of ether oxygens (including phenoxy) is 2. The van der Waals surface area contributed by atoms with Crippen molar-refractivity contribution in [2.45, 2.75) is 6.54 Å². The van der Waals surface area contributed by atoms with Crippen LogP contribution in [0.15, 0.2) is 42.5 Å². The van der Waals surface area contributed by atoms with Crippen molar-refractivity contribution in [2.24, 2.45) is 0 Å². The van der Waals surface area contributed by atoms with E-state index in [1.807, 2.05) is 12.1 Å². The zero-order chi connectivity index (χ0) is 15.2. The summed E-state index contributed by atoms with van der Waals surface area (Å²) in [6.45, 7) is 0.535. The molecule has 2 rings (SSSR count). The fraction of sp³-hybridized carbons (Fsp3) is 0.188. The second-order valence-electron chi connectivity index (χ2n) is 4.38. The Balaban J connectivity index is 2.04. The highest BCUT2D eigenvalue weighted by Crippen LogP contribution is 2.27. The van der Waals surface area contributed by atoms with Crippen molar-refractivity contribution in [3.8, 4) is 11.5 Å². The summed E-state index contributed by atoms with van der Waals surface area (Å²) in [4.78, 5) is 0.597. The smallest absolute Gasteiger partial charge is 0.161 e. The zero-order valence-corrected chi connectivity index (χ0v) is 12.7. The SMILES string of the molecule is COc1ccc(C(=S)NCc2ccc(F)cc2)cc1OC. The van der Waals surface area contributed by atoms with Crippen LogP contribution in [0.2, 0.25) is 0 Å². The van der Waals surface area contributed by atoms with Gasteiger partial charge in [0.1, 0.15) is 10.8 Å². The van der Waals surface area contributed by atoms with Crippen molar-refractivity contribution in [3.63, 3.8) is 0 Å². The number of hydrogen-bond donors (Lipinski definition) is 1. The van der Waals surface area contributed by atoms with Crippen molar-refractivity contribution in [3.05, 3.63) is 59.4 Å². The maximum absolute atomic E-state index is 12.8. The third kappa shape index (κ3) is 3.92. The molecule has 0 aliphatic heterocycles. The molecule has 0 saturated heterocycles. The largest absolute Gasteiger partial charge is 0.493 e. The molecule has 1 N–H and O–H groups in total. The van der Waals surface area contributed by atoms with Gasteiger partial charge < -0.3 is 14.8 Å². The van der Waals surface area contributed by atoms with Gasteiger partial charge in [0.25, 0.3) is 0 Å². The molecule has 110 valence electrons. The van der Waals surface area contributed by atoms with E-state index in [1.165, 1.54) is 12.1 Å². The summed E-state index contributed by atoms with van der Waals surface area (Å²) in [6.07, 6.45) is 0. The van der Waals surface area contributed by atoms with E-state index < -0.39 is 0 Å². The molecule has 0 aliphatic carbocycles. The predicted molar refractivity (Wildman–Crippen MR) is 84.5 cm³/mol. The van der Waals surface area contributed by atoms with Gasteiger partial charge in [-0.15, -0.1) is 0 Å². The van der Waals surface area contributed by atoms with Crippen LogP contribution in [0.4, 0.5) is 4.39 Å². The lowest BCUT2D eigenvalue weighted by Crippen LogP contribution is -2.21. The lowest BCUT2D eigenvalue weighted by Gasteiger charge is -2.12. The van der Waals surface area contributed by atoms with E-state index in [4.69, 9.17) is 21.7 Å². The minimum atomic E-state index is -0.249. The standard InChI is InChI=1S/C16H16FNO2S/c1-19-14-8-5-12(9-15(14)20-2)16(21)18-10-11-3-6-13(17)7-4-11/h3-9H,10H2,1-2H3,(H,18,21). The molecule has 3 nitrogen and oxygen atoms in total. The van der Waals surface area contributed by atoms with E-state index in [9.17, 15) is 4.39 Å². The first-order chi connectivity index (χ1) is 10.1. The summed E-state index contributed by atoms with van der Waals surface area (Å²) in [5.41, 5.74) is 1.80. The van der Waals surface area contributed by atoms with Crippen LogP contribution in [-0.2, 0) is 6.54 Å². The Morgan fingerprint density at radius 1 is 1.05 bits per heavy atom. The molecule has 21 heavy (non-hydrogen) atoms. The Kier molecular flexibility index (Phi) is 5.11. The van der Waals surface area contributed by atoms with Crippen molar-refractivity contribution < 1.29 is 13.9 Å². The zero-order valence-electron chi connectivity index (χ0n) is 11.9. The number of halogens is 1. The van der Waals surface area contributed by atoms with Gasteiger partial charge >= 0.3 is 0 Å². The molecule has 0 aliphatic rings. The van der Waals surface area contributed by atoms with Gasteiger partial charge in [-0.1, -0.05) is 24.4 Å². The molecule has 0 bridgehead atoms. The fourth-order valence-corrected chi connectivity index (χ4v) is 2.06. The van der Waals surface area contributed by atoms with Gasteiger partial charge in [-0.3, -0.25) is 0 Å². The van der Waals surface area contributed by atoms with Crippen LogP contribution >= 0.6 is 12.2 Å². The van der Waals surface area contributed by atoms with Crippen molar-refractivity contribution in [1.82, 2.24) is 5.32 Å². The molecule has 0 aromatic heterocycles. The van der Waals surface area contributed by atoms with Crippen LogP contribution in [0.1, 0.15) is 11.1 Å². The Morgan fingerprint density at radius 3 is 2.33 bits per heavy atom. The van der Waals surface area contributed by atoms with Gasteiger partial charge in [0.05, 0.1) is 14.2 Å². The van der Waals surface area contributed by atoms with E-state index in [-0.39, 0.29) is 5.82 Å². The molecule has 0 spiro atoms. The third-order valence-corrected chi connectivity index (χ3v) is 3.39. The molecule has 0 amide bonds. The highest BCUT2D eigenvalue weighted by Gasteiger charge is 2.07. The van der Waals surface area contributed by atoms with E-state index in [1.54, 1.807) is 32.4 Å². The van der Waals surface area contributed by atoms with Gasteiger partial charge in [0, 0.05) is 12.1 Å². The van der Waals surface area contributed by atoms with Crippen LogP contribution in [0.5, 0.6) is 11.5 Å². The summed E-state index contributed by atoms with van der Waals surface area (Å²) in [6, 6.07) is 11.8. The van der Waals surface area contributed by atoms with Crippen LogP contribution in [0.3, 0.4) is 0 Å². The second-order valence-corrected chi connectivity index (χ2v) is 4.79. The lowest BCUT2D eigenvalue weighted by atomic mass is 10.2. The molecule has 0 radical (unpaired) electrons. The van der Waals surface area contributed by atoms with Gasteiger partial charge in [-0.2, -0.15) is 0 Å². The van der Waals surface area contributed by atoms with E-state index in [0.29, 0.717) is 23.0 Å². The first-order valence-electron chi connectivity index (χ1n) is 6.38. The topological polar surface area (TPSA) is 30.5 Å². The third-order valence-electron chi connectivity index (χ3n) is 3.01. The molecule has 0 heterocycles. The first kappa shape index (κ1) is 15.3. The summed E-state index contributed by atoms with van der Waals surface area (Å²) >= 11 is 5.35. The minimum Gasteiger partial charge on any atom is -0.493 e. The molecule has 0 atom stereocenters. The van der Waals surface area contributed by atoms with E-state index >= 15 is 0 Å². The maximum atomic E-state index is 12.8. The molecular weight excluding hydrogens is 289 g/mol. The average Bonchev–Trinajstić information content (AvgIpc) is 2.53. The van der Waals surface area contributed by atoms with Gasteiger partial charge in [0.15, 0.2) is 11.5 Å². The number of benzene rings is 2. The van der Waals surface area contributed by atoms with E-state index in [2.05, 4.69) is 5.32 Å². The highest BCUT2D eigenvalue weighted by molar-refractivity contribution is 7.80. The van der Waals surface area contributed by atoms with Gasteiger partial charge in [-0.25, -0.2) is 4.39 Å². The van der Waals surface area contributed by atoms with E-state index in [0.717, 1.165) is 11.1 Å². The number of rotatable bonds is 5. The number of thiocarbonyl (C=S) groups is 1. The molecule has 5 heteroatoms. The number of methoxy groups -OCH3 is 2. The maximum Gasteiger partial charge on any atom is 0.161 e. The average molecular weight is 305 g/mol. The van der Waals surface area contributed by atoms with Crippen LogP contribution < -0.4 is 14.8 Å². The number of nitrogens with one attached hydrogen (secondary N) is 1. The summed E-state index contributed by atoms with van der Waals surface area (Å²) in [5.74, 6) is 1.03. The Bertz CT molecular complexity index is 629. The Morgan fingerprint density at radius 2 is 1.71 bits per heavy atom. The fourth-order valence-electron chi connectivity index (χ4n) is 1.86. The predicted octanol–water partition coefficient (Wildman–Crippen LogP) is 3.31. The van der Waals surface area contributed by atoms with Gasteiger partial charge in [0.2, 0.25) is 0 Å². The Hall–Kier alpha value is -2.14. The highest BCUT2D eigenvalue weighted by atomic mass is 32.1.